The fraction of sp³-hybridized carbons (Fsp3) is 0.312. The second-order valence-corrected chi connectivity index (χ2v) is 6.42. The summed E-state index contributed by atoms with van der Waals surface area (Å²) < 4.78 is 6.63. The number of hydrogen-bond acceptors (Lipinski definition) is 8. The van der Waals surface area contributed by atoms with Crippen molar-refractivity contribution in [2.24, 2.45) is 0 Å². The zero-order valence-electron chi connectivity index (χ0n) is 14.1. The van der Waals surface area contributed by atoms with E-state index in [1.54, 1.807) is 33.4 Å². The van der Waals surface area contributed by atoms with Crippen LogP contribution in [0.25, 0.3) is 17.2 Å². The van der Waals surface area contributed by atoms with E-state index in [9.17, 15) is 4.79 Å². The van der Waals surface area contributed by atoms with Crippen molar-refractivity contribution in [3.05, 3.63) is 34.8 Å². The number of ether oxygens (including phenoxy) is 1. The number of hydrogen-bond donors (Lipinski definition) is 1. The van der Waals surface area contributed by atoms with Gasteiger partial charge in [-0.3, -0.25) is 9.80 Å². The molecule has 0 saturated carbocycles. The summed E-state index contributed by atoms with van der Waals surface area (Å²) in [6.07, 6.45) is 2.03. The molecular formula is C16H17N7O2S. The summed E-state index contributed by atoms with van der Waals surface area (Å²) in [6, 6.07) is 5.17. The highest BCUT2D eigenvalue weighted by molar-refractivity contribution is 7.07. The first-order valence-corrected chi connectivity index (χ1v) is 9.12. The number of rotatable bonds is 4. The molecule has 1 saturated heterocycles. The van der Waals surface area contributed by atoms with Gasteiger partial charge in [0.05, 0.1) is 24.0 Å². The van der Waals surface area contributed by atoms with Crippen molar-refractivity contribution >= 4 is 17.2 Å². The maximum absolute atomic E-state index is 12.8. The summed E-state index contributed by atoms with van der Waals surface area (Å²) >= 11 is 1.47. The average molecular weight is 371 g/mol. The van der Waals surface area contributed by atoms with E-state index in [-0.39, 0.29) is 5.91 Å². The summed E-state index contributed by atoms with van der Waals surface area (Å²) in [4.78, 5) is 17.1. The monoisotopic (exact) mass is 371 g/mol. The molecule has 1 amide bonds. The quantitative estimate of drug-likeness (QED) is 0.743. The highest BCUT2D eigenvalue weighted by Crippen LogP contribution is 2.24. The molecule has 0 atom stereocenters. The Bertz CT molecular complexity index is 886. The lowest BCUT2D eigenvalue weighted by Crippen LogP contribution is -2.47. The van der Waals surface area contributed by atoms with Gasteiger partial charge in [0.1, 0.15) is 0 Å². The van der Waals surface area contributed by atoms with E-state index in [1.165, 1.54) is 18.4 Å². The molecule has 1 aliphatic rings. The Kier molecular flexibility index (Phi) is 4.59. The van der Waals surface area contributed by atoms with Crippen LogP contribution in [0.4, 0.5) is 0 Å². The zero-order chi connectivity index (χ0) is 17.9. The Morgan fingerprint density at radius 1 is 1.31 bits per heavy atom. The first kappa shape index (κ1) is 16.6. The number of amides is 1. The lowest BCUT2D eigenvalue weighted by molar-refractivity contribution is 0.0604. The van der Waals surface area contributed by atoms with Crippen molar-refractivity contribution in [1.29, 1.82) is 0 Å². The van der Waals surface area contributed by atoms with Gasteiger partial charge in [-0.2, -0.15) is 5.10 Å². The van der Waals surface area contributed by atoms with Crippen molar-refractivity contribution in [3.8, 4) is 23.1 Å². The summed E-state index contributed by atoms with van der Waals surface area (Å²) in [6.45, 7) is 1.45. The molecule has 26 heavy (non-hydrogen) atoms. The van der Waals surface area contributed by atoms with Crippen LogP contribution in [0.15, 0.2) is 29.1 Å². The smallest absolute Gasteiger partial charge is 0.288 e. The van der Waals surface area contributed by atoms with Crippen LogP contribution in [0.5, 0.6) is 5.88 Å². The van der Waals surface area contributed by atoms with Crippen molar-refractivity contribution < 1.29 is 9.53 Å². The summed E-state index contributed by atoms with van der Waals surface area (Å²) in [5.41, 5.74) is 6.60. The molecule has 3 aromatic rings. The molecule has 1 fully saturated rings. The maximum atomic E-state index is 12.8. The predicted octanol–water partition coefficient (Wildman–Crippen LogP) is 1.53. The number of nitrogens with zero attached hydrogens (tertiary/aromatic N) is 6. The standard InChI is InChI=1S/C16H17N7O2S/c1-25-15-5-4-14(19-20-15)23-13(12-9-26-10-17-12)8-11(21-23)16(24)22-7-3-2-6-18-22/h4-5,8-10,18H,2-3,6-7H2,1H3. The minimum Gasteiger partial charge on any atom is -0.480 e. The third kappa shape index (κ3) is 3.16. The van der Waals surface area contributed by atoms with Crippen LogP contribution in [-0.2, 0) is 0 Å². The van der Waals surface area contributed by atoms with Gasteiger partial charge in [0, 0.05) is 24.5 Å². The van der Waals surface area contributed by atoms with Gasteiger partial charge in [-0.25, -0.2) is 15.1 Å². The number of nitrogens with one attached hydrogen (secondary N) is 1. The van der Waals surface area contributed by atoms with E-state index in [4.69, 9.17) is 4.74 Å². The maximum Gasteiger partial charge on any atom is 0.288 e. The molecule has 3 aromatic heterocycles. The third-order valence-corrected chi connectivity index (χ3v) is 4.62. The van der Waals surface area contributed by atoms with Crippen molar-refractivity contribution in [1.82, 2.24) is 35.4 Å². The third-order valence-electron chi connectivity index (χ3n) is 4.03. The van der Waals surface area contributed by atoms with Gasteiger partial charge in [-0.1, -0.05) is 0 Å². The molecular weight excluding hydrogens is 354 g/mol. The van der Waals surface area contributed by atoms with Crippen LogP contribution in [0.1, 0.15) is 23.3 Å². The van der Waals surface area contributed by atoms with Gasteiger partial charge in [-0.15, -0.1) is 21.5 Å². The predicted molar refractivity (Wildman–Crippen MR) is 95.1 cm³/mol. The normalized spacial score (nSPS) is 14.4. The molecule has 0 spiro atoms. The van der Waals surface area contributed by atoms with Crippen LogP contribution in [0, 0.1) is 0 Å². The number of hydrazine groups is 1. The topological polar surface area (TPSA) is 98.1 Å². The number of carbonyl (C=O) groups excluding carboxylic acids is 1. The molecule has 4 rings (SSSR count). The highest BCUT2D eigenvalue weighted by atomic mass is 32.1. The van der Waals surface area contributed by atoms with Crippen molar-refractivity contribution in [2.75, 3.05) is 20.2 Å². The minimum absolute atomic E-state index is 0.165. The molecule has 134 valence electrons. The SMILES string of the molecule is COc1ccc(-n2nc(C(=O)N3CCCCN3)cc2-c2cscn2)nn1. The van der Waals surface area contributed by atoms with Gasteiger partial charge in [0.25, 0.3) is 5.91 Å². The average Bonchev–Trinajstić information content (AvgIpc) is 3.38. The molecule has 0 bridgehead atoms. The van der Waals surface area contributed by atoms with Gasteiger partial charge in [-0.05, 0) is 25.0 Å². The van der Waals surface area contributed by atoms with E-state index < -0.39 is 0 Å². The first-order valence-electron chi connectivity index (χ1n) is 8.18. The second-order valence-electron chi connectivity index (χ2n) is 5.71. The van der Waals surface area contributed by atoms with E-state index in [0.717, 1.165) is 25.1 Å². The molecule has 4 heterocycles. The molecule has 0 aromatic carbocycles. The Balaban J connectivity index is 1.74. The van der Waals surface area contributed by atoms with Gasteiger partial charge >= 0.3 is 0 Å². The van der Waals surface area contributed by atoms with E-state index in [1.807, 2.05) is 5.38 Å². The van der Waals surface area contributed by atoms with Crippen molar-refractivity contribution in [2.45, 2.75) is 12.8 Å². The molecule has 1 N–H and O–H groups in total. The molecule has 0 radical (unpaired) electrons. The molecule has 9 nitrogen and oxygen atoms in total. The fourth-order valence-electron chi connectivity index (χ4n) is 2.72. The fourth-order valence-corrected chi connectivity index (χ4v) is 3.26. The number of carbonyl (C=O) groups is 1. The minimum atomic E-state index is -0.165. The molecule has 1 aliphatic heterocycles. The summed E-state index contributed by atoms with van der Waals surface area (Å²) in [5.74, 6) is 0.728. The lowest BCUT2D eigenvalue weighted by Gasteiger charge is -2.26. The van der Waals surface area contributed by atoms with Crippen LogP contribution < -0.4 is 10.2 Å². The summed E-state index contributed by atoms with van der Waals surface area (Å²) in [5, 5.41) is 16.1. The van der Waals surface area contributed by atoms with E-state index >= 15 is 0 Å². The van der Waals surface area contributed by atoms with Gasteiger partial charge < -0.3 is 4.74 Å². The second kappa shape index (κ2) is 7.18. The largest absolute Gasteiger partial charge is 0.480 e. The number of thiazole rings is 1. The first-order chi connectivity index (χ1) is 12.8. The van der Waals surface area contributed by atoms with Crippen LogP contribution in [0.3, 0.4) is 0 Å². The highest BCUT2D eigenvalue weighted by Gasteiger charge is 2.24. The Labute approximate surface area is 153 Å². The van der Waals surface area contributed by atoms with Crippen LogP contribution >= 0.6 is 11.3 Å². The molecule has 0 aliphatic carbocycles. The number of aromatic nitrogens is 5. The van der Waals surface area contributed by atoms with Gasteiger partial charge in [0.15, 0.2) is 11.5 Å². The van der Waals surface area contributed by atoms with Crippen LogP contribution in [-0.4, -0.2) is 56.1 Å². The van der Waals surface area contributed by atoms with Gasteiger partial charge in [0.2, 0.25) is 5.88 Å². The lowest BCUT2D eigenvalue weighted by atomic mass is 10.2. The molecule has 10 heteroatoms. The zero-order valence-corrected chi connectivity index (χ0v) is 14.9. The van der Waals surface area contributed by atoms with Crippen molar-refractivity contribution in [3.63, 3.8) is 0 Å². The molecule has 0 unspecified atom stereocenters. The van der Waals surface area contributed by atoms with Crippen LogP contribution in [0.2, 0.25) is 0 Å². The van der Waals surface area contributed by atoms with E-state index in [2.05, 4.69) is 25.7 Å². The Hall–Kier alpha value is -2.85. The van der Waals surface area contributed by atoms with E-state index in [0.29, 0.717) is 29.6 Å². The Morgan fingerprint density at radius 3 is 2.88 bits per heavy atom. The Morgan fingerprint density at radius 2 is 2.23 bits per heavy atom. The number of methoxy groups -OCH3 is 1. The summed E-state index contributed by atoms with van der Waals surface area (Å²) in [7, 11) is 1.53.